The summed E-state index contributed by atoms with van der Waals surface area (Å²) in [5, 5.41) is 11.0. The first-order valence-corrected chi connectivity index (χ1v) is 7.49. The van der Waals surface area contributed by atoms with Gasteiger partial charge in [0, 0.05) is 19.2 Å². The molecule has 1 aromatic carbocycles. The number of nitro groups is 1. The van der Waals surface area contributed by atoms with Crippen LogP contribution in [0.1, 0.15) is 32.2 Å². The van der Waals surface area contributed by atoms with E-state index in [2.05, 4.69) is 4.74 Å². The van der Waals surface area contributed by atoms with Crippen molar-refractivity contribution in [2.75, 3.05) is 14.2 Å². The van der Waals surface area contributed by atoms with Crippen molar-refractivity contribution < 1.29 is 23.7 Å². The molecule has 0 unspecified atom stereocenters. The van der Waals surface area contributed by atoms with Gasteiger partial charge in [-0.15, -0.1) is 0 Å². The Labute approximate surface area is 148 Å². The summed E-state index contributed by atoms with van der Waals surface area (Å²) in [6.07, 6.45) is 0. The number of nitrogens with zero attached hydrogens (tertiary/aromatic N) is 2. The second kappa shape index (κ2) is 7.35. The molecule has 0 aliphatic carbocycles. The SMILES string of the molecule is COC(=O)c1cc(CN(C)C(=O)c2cc([N+](=O)[O-])ccc2Cl)oc1C. The van der Waals surface area contributed by atoms with E-state index in [0.717, 1.165) is 6.07 Å². The van der Waals surface area contributed by atoms with Crippen LogP contribution < -0.4 is 0 Å². The second-order valence-corrected chi connectivity index (χ2v) is 5.66. The van der Waals surface area contributed by atoms with Gasteiger partial charge in [0.1, 0.15) is 17.1 Å². The number of ether oxygens (including phenoxy) is 1. The molecule has 0 radical (unpaired) electrons. The maximum absolute atomic E-state index is 12.5. The smallest absolute Gasteiger partial charge is 0.341 e. The Morgan fingerprint density at radius 2 is 2.00 bits per heavy atom. The summed E-state index contributed by atoms with van der Waals surface area (Å²) < 4.78 is 10.1. The molecule has 0 aliphatic rings. The van der Waals surface area contributed by atoms with E-state index in [1.165, 1.54) is 37.3 Å². The summed E-state index contributed by atoms with van der Waals surface area (Å²) in [6, 6.07) is 5.12. The van der Waals surface area contributed by atoms with Gasteiger partial charge in [-0.25, -0.2) is 4.79 Å². The minimum Gasteiger partial charge on any atom is -0.465 e. The summed E-state index contributed by atoms with van der Waals surface area (Å²) in [6.45, 7) is 1.66. The molecule has 1 heterocycles. The van der Waals surface area contributed by atoms with E-state index in [4.69, 9.17) is 16.0 Å². The lowest BCUT2D eigenvalue weighted by atomic mass is 10.1. The third-order valence-electron chi connectivity index (χ3n) is 3.50. The molecule has 2 aromatic rings. The van der Waals surface area contributed by atoms with E-state index in [-0.39, 0.29) is 28.4 Å². The lowest BCUT2D eigenvalue weighted by Gasteiger charge is -2.16. The topological polar surface area (TPSA) is 103 Å². The number of furan rings is 1. The first-order valence-electron chi connectivity index (χ1n) is 7.11. The molecule has 0 saturated carbocycles. The average Bonchev–Trinajstić information content (AvgIpc) is 2.93. The fourth-order valence-corrected chi connectivity index (χ4v) is 2.43. The molecule has 1 amide bonds. The average molecular weight is 367 g/mol. The van der Waals surface area contributed by atoms with Crippen LogP contribution in [0.4, 0.5) is 5.69 Å². The number of hydrogen-bond donors (Lipinski definition) is 0. The number of aryl methyl sites for hydroxylation is 1. The van der Waals surface area contributed by atoms with Gasteiger partial charge >= 0.3 is 5.97 Å². The van der Waals surface area contributed by atoms with E-state index < -0.39 is 16.8 Å². The monoisotopic (exact) mass is 366 g/mol. The normalized spacial score (nSPS) is 10.4. The molecule has 8 nitrogen and oxygen atoms in total. The Kier molecular flexibility index (Phi) is 5.43. The van der Waals surface area contributed by atoms with Crippen molar-refractivity contribution in [1.82, 2.24) is 4.90 Å². The maximum atomic E-state index is 12.5. The van der Waals surface area contributed by atoms with Crippen molar-refractivity contribution in [1.29, 1.82) is 0 Å². The minimum absolute atomic E-state index is 0.00911. The van der Waals surface area contributed by atoms with Gasteiger partial charge in [0.25, 0.3) is 11.6 Å². The van der Waals surface area contributed by atoms with Gasteiger partial charge in [-0.3, -0.25) is 14.9 Å². The highest BCUT2D eigenvalue weighted by Gasteiger charge is 2.21. The number of rotatable bonds is 5. The van der Waals surface area contributed by atoms with Crippen molar-refractivity contribution in [3.8, 4) is 0 Å². The predicted molar refractivity (Wildman–Crippen MR) is 88.7 cm³/mol. The van der Waals surface area contributed by atoms with Crippen molar-refractivity contribution in [3.63, 3.8) is 0 Å². The minimum atomic E-state index is -0.606. The van der Waals surface area contributed by atoms with Crippen LogP contribution in [0.3, 0.4) is 0 Å². The molecular weight excluding hydrogens is 352 g/mol. The lowest BCUT2D eigenvalue weighted by Crippen LogP contribution is -2.26. The molecule has 0 saturated heterocycles. The molecule has 9 heteroatoms. The predicted octanol–water partition coefficient (Wildman–Crippen LogP) is 3.21. The highest BCUT2D eigenvalue weighted by Crippen LogP contribution is 2.24. The van der Waals surface area contributed by atoms with E-state index in [1.807, 2.05) is 0 Å². The molecule has 0 aliphatic heterocycles. The Hall–Kier alpha value is -2.87. The molecule has 0 spiro atoms. The molecule has 0 bridgehead atoms. The molecular formula is C16H15ClN2O6. The van der Waals surface area contributed by atoms with E-state index in [1.54, 1.807) is 6.92 Å². The Morgan fingerprint density at radius 3 is 2.60 bits per heavy atom. The number of carbonyl (C=O) groups excluding carboxylic acids is 2. The van der Waals surface area contributed by atoms with Gasteiger partial charge in [-0.2, -0.15) is 0 Å². The molecule has 0 fully saturated rings. The highest BCUT2D eigenvalue weighted by molar-refractivity contribution is 6.33. The van der Waals surface area contributed by atoms with Gasteiger partial charge in [0.05, 0.1) is 29.2 Å². The number of non-ortho nitro benzene ring substituents is 1. The molecule has 25 heavy (non-hydrogen) atoms. The second-order valence-electron chi connectivity index (χ2n) is 5.26. The van der Waals surface area contributed by atoms with Gasteiger partial charge in [-0.1, -0.05) is 11.6 Å². The van der Waals surface area contributed by atoms with Crippen LogP contribution in [0.25, 0.3) is 0 Å². The summed E-state index contributed by atoms with van der Waals surface area (Å²) in [7, 11) is 2.75. The van der Waals surface area contributed by atoms with Gasteiger partial charge in [-0.05, 0) is 19.1 Å². The molecule has 1 aromatic heterocycles. The van der Waals surface area contributed by atoms with Crippen LogP contribution in [0, 0.1) is 17.0 Å². The molecule has 0 atom stereocenters. The van der Waals surface area contributed by atoms with Gasteiger partial charge < -0.3 is 14.1 Å². The van der Waals surface area contributed by atoms with Crippen LogP contribution in [-0.2, 0) is 11.3 Å². The standard InChI is InChI=1S/C16H15ClN2O6/c1-9-12(16(21)24-3)7-11(25-9)8-18(2)15(20)13-6-10(19(22)23)4-5-14(13)17/h4-7H,8H2,1-3H3. The largest absolute Gasteiger partial charge is 0.465 e. The Balaban J connectivity index is 2.23. The highest BCUT2D eigenvalue weighted by atomic mass is 35.5. The van der Waals surface area contributed by atoms with E-state index >= 15 is 0 Å². The third kappa shape index (κ3) is 3.97. The number of halogens is 1. The van der Waals surface area contributed by atoms with Crippen molar-refractivity contribution >= 4 is 29.2 Å². The van der Waals surface area contributed by atoms with Gasteiger partial charge in [0.15, 0.2) is 0 Å². The zero-order valence-electron chi connectivity index (χ0n) is 13.7. The number of amides is 1. The summed E-state index contributed by atoms with van der Waals surface area (Å²) in [5.74, 6) is -0.308. The van der Waals surface area contributed by atoms with Crippen LogP contribution in [0.5, 0.6) is 0 Å². The Bertz CT molecular complexity index is 845. The number of benzene rings is 1. The molecule has 132 valence electrons. The van der Waals surface area contributed by atoms with Crippen LogP contribution in [0.15, 0.2) is 28.7 Å². The Morgan fingerprint density at radius 1 is 1.32 bits per heavy atom. The fourth-order valence-electron chi connectivity index (χ4n) is 2.24. The fraction of sp³-hybridized carbons (Fsp3) is 0.250. The van der Waals surface area contributed by atoms with Crippen molar-refractivity contribution in [2.24, 2.45) is 0 Å². The molecule has 2 rings (SSSR count). The number of esters is 1. The van der Waals surface area contributed by atoms with E-state index in [9.17, 15) is 19.7 Å². The van der Waals surface area contributed by atoms with Crippen molar-refractivity contribution in [3.05, 3.63) is 62.0 Å². The quantitative estimate of drug-likeness (QED) is 0.457. The van der Waals surface area contributed by atoms with Gasteiger partial charge in [0.2, 0.25) is 0 Å². The lowest BCUT2D eigenvalue weighted by molar-refractivity contribution is -0.384. The zero-order valence-corrected chi connectivity index (χ0v) is 14.5. The first-order chi connectivity index (χ1) is 11.7. The number of methoxy groups -OCH3 is 1. The third-order valence-corrected chi connectivity index (χ3v) is 3.83. The van der Waals surface area contributed by atoms with Crippen molar-refractivity contribution in [2.45, 2.75) is 13.5 Å². The number of hydrogen-bond acceptors (Lipinski definition) is 6. The number of carbonyl (C=O) groups is 2. The van der Waals surface area contributed by atoms with Crippen LogP contribution in [0.2, 0.25) is 5.02 Å². The summed E-state index contributed by atoms with van der Waals surface area (Å²) in [4.78, 5) is 35.6. The zero-order chi connectivity index (χ0) is 18.7. The number of nitro benzene ring substituents is 1. The summed E-state index contributed by atoms with van der Waals surface area (Å²) >= 11 is 5.98. The van der Waals surface area contributed by atoms with E-state index in [0.29, 0.717) is 11.5 Å². The summed E-state index contributed by atoms with van der Waals surface area (Å²) in [5.41, 5.74) is 0.0459. The van der Waals surface area contributed by atoms with Crippen LogP contribution >= 0.6 is 11.6 Å². The maximum Gasteiger partial charge on any atom is 0.341 e. The first kappa shape index (κ1) is 18.5. The van der Waals surface area contributed by atoms with Crippen LogP contribution in [-0.4, -0.2) is 35.9 Å². The molecule has 0 N–H and O–H groups in total.